The number of rotatable bonds is 6. The van der Waals surface area contributed by atoms with Crippen molar-refractivity contribution in [3.8, 4) is 5.75 Å². The highest BCUT2D eigenvalue weighted by molar-refractivity contribution is 6.06. The van der Waals surface area contributed by atoms with Gasteiger partial charge in [-0.05, 0) is 66.9 Å². The van der Waals surface area contributed by atoms with E-state index in [2.05, 4.69) is 20.6 Å². The van der Waals surface area contributed by atoms with E-state index in [1.807, 2.05) is 55.5 Å². The maximum absolute atomic E-state index is 13.2. The first-order valence-electron chi connectivity index (χ1n) is 14.9. The summed E-state index contributed by atoms with van der Waals surface area (Å²) in [5.41, 5.74) is 13.7. The zero-order chi connectivity index (χ0) is 38.1. The van der Waals surface area contributed by atoms with Crippen molar-refractivity contribution >= 4 is 57.2 Å². The van der Waals surface area contributed by atoms with E-state index in [9.17, 15) is 31.1 Å². The number of carbonyl (C=O) groups is 3. The summed E-state index contributed by atoms with van der Waals surface area (Å²) in [6.45, 7) is 2.02. The molecule has 274 valence electrons. The zero-order valence-corrected chi connectivity index (χ0v) is 27.0. The minimum absolute atomic E-state index is 0.0236. The Hall–Kier alpha value is -5.88. The number of alkyl halides is 6. The molecule has 4 aromatic rings. The first-order valence-corrected chi connectivity index (χ1v) is 14.9. The van der Waals surface area contributed by atoms with Gasteiger partial charge in [-0.15, -0.1) is 0 Å². The Kier molecular flexibility index (Phi) is 12.9. The average Bonchev–Trinajstić information content (AvgIpc) is 3.05. The molecule has 51 heavy (non-hydrogen) atoms. The fraction of sp³-hybridized carbons (Fsp3) is 0.312. The minimum Gasteiger partial charge on any atom is -0.497 e. The van der Waals surface area contributed by atoms with Crippen LogP contribution in [-0.4, -0.2) is 75.5 Å². The van der Waals surface area contributed by atoms with Crippen molar-refractivity contribution in [2.24, 2.45) is 16.5 Å². The van der Waals surface area contributed by atoms with Gasteiger partial charge in [-0.3, -0.25) is 10.1 Å². The van der Waals surface area contributed by atoms with Crippen molar-refractivity contribution in [3.05, 3.63) is 65.7 Å². The summed E-state index contributed by atoms with van der Waals surface area (Å²) in [6.07, 6.45) is -6.20. The number of amides is 1. The predicted octanol–water partition coefficient (Wildman–Crippen LogP) is 5.62. The van der Waals surface area contributed by atoms with E-state index in [1.165, 1.54) is 0 Å². The number of halogens is 6. The molecule has 2 atom stereocenters. The van der Waals surface area contributed by atoms with Crippen LogP contribution in [0.15, 0.2) is 59.6 Å². The monoisotopic (exact) mass is 725 g/mol. The molecule has 0 radical (unpaired) electrons. The number of hydrogen-bond acceptors (Lipinski definition) is 8. The molecule has 19 heteroatoms. The first-order chi connectivity index (χ1) is 23.8. The lowest BCUT2D eigenvalue weighted by Gasteiger charge is -2.30. The van der Waals surface area contributed by atoms with Crippen LogP contribution in [0.5, 0.6) is 5.75 Å². The lowest BCUT2D eigenvalue weighted by molar-refractivity contribution is -0.193. The number of methoxy groups -OCH3 is 1. The van der Waals surface area contributed by atoms with Gasteiger partial charge in [-0.2, -0.15) is 31.3 Å². The highest BCUT2D eigenvalue weighted by Gasteiger charge is 2.39. The van der Waals surface area contributed by atoms with E-state index in [-0.39, 0.29) is 29.9 Å². The largest absolute Gasteiger partial charge is 0.497 e. The Labute approximate surface area is 285 Å². The third-order valence-electron chi connectivity index (χ3n) is 7.24. The zero-order valence-electron chi connectivity index (χ0n) is 27.0. The number of carboxylic acids is 2. The lowest BCUT2D eigenvalue weighted by atomic mass is 9.90. The molecule has 8 N–H and O–H groups in total. The molecular weight excluding hydrogens is 692 g/mol. The number of hydrogen-bond donors (Lipinski definition) is 6. The van der Waals surface area contributed by atoms with Crippen LogP contribution in [0.2, 0.25) is 0 Å². The van der Waals surface area contributed by atoms with Gasteiger partial charge in [-0.1, -0.05) is 36.6 Å². The number of guanidine groups is 1. The van der Waals surface area contributed by atoms with Crippen LogP contribution in [0, 0.1) is 6.92 Å². The fourth-order valence-corrected chi connectivity index (χ4v) is 4.88. The Morgan fingerprint density at radius 2 is 1.45 bits per heavy atom. The number of carboxylic acid groups (broad SMARTS) is 2. The van der Waals surface area contributed by atoms with E-state index < -0.39 is 24.3 Å². The molecule has 1 aliphatic rings. The maximum atomic E-state index is 13.2. The number of aryl methyl sites for hydroxylation is 1. The second-order valence-electron chi connectivity index (χ2n) is 11.1. The molecule has 0 saturated heterocycles. The van der Waals surface area contributed by atoms with Gasteiger partial charge in [0, 0.05) is 10.9 Å². The van der Waals surface area contributed by atoms with Gasteiger partial charge in [0.1, 0.15) is 11.6 Å². The van der Waals surface area contributed by atoms with Crippen LogP contribution in [0.3, 0.4) is 0 Å². The van der Waals surface area contributed by atoms with Crippen LogP contribution in [0.25, 0.3) is 21.7 Å². The summed E-state index contributed by atoms with van der Waals surface area (Å²) in [4.78, 5) is 44.7. The molecule has 0 bridgehead atoms. The molecule has 1 aromatic heterocycles. The van der Waals surface area contributed by atoms with Gasteiger partial charge in [-0.25, -0.2) is 19.6 Å². The highest BCUT2D eigenvalue weighted by atomic mass is 19.4. The highest BCUT2D eigenvalue weighted by Crippen LogP contribution is 2.29. The summed E-state index contributed by atoms with van der Waals surface area (Å²) in [5.74, 6) is -4.06. The number of nitrogens with zero attached hydrogens (tertiary/aromatic N) is 3. The standard InChI is InChI=1S/C28H31N7O2.2C2HF3O2/c1-16-7-12-22-21(13-16)25(31-23-5-3-4-6-24(23)32-27(29)30)34-28(33-22)35-26(36)19-9-8-18-15-20(37-2)11-10-17(18)14-19;2*3-2(4,5)1(6)7/h7-15,23-24H,3-6H2,1-2H3,(H4,29,30,32)(H2,31,33,34,35,36);2*(H,6,7). The topological polar surface area (TPSA) is 215 Å². The number of nitrogens with two attached hydrogens (primary N) is 2. The maximum Gasteiger partial charge on any atom is 0.490 e. The second-order valence-corrected chi connectivity index (χ2v) is 11.1. The Bertz CT molecular complexity index is 1890. The van der Waals surface area contributed by atoms with Crippen LogP contribution >= 0.6 is 0 Å². The van der Waals surface area contributed by atoms with Gasteiger partial charge >= 0.3 is 24.3 Å². The summed E-state index contributed by atoms with van der Waals surface area (Å²) in [7, 11) is 1.63. The average molecular weight is 726 g/mol. The number of nitrogens with one attached hydrogen (secondary N) is 2. The summed E-state index contributed by atoms with van der Waals surface area (Å²) in [6, 6.07) is 17.2. The van der Waals surface area contributed by atoms with Crippen molar-refractivity contribution in [2.75, 3.05) is 17.7 Å². The van der Waals surface area contributed by atoms with E-state index in [1.54, 1.807) is 13.2 Å². The minimum atomic E-state index is -5.08. The Balaban J connectivity index is 0.000000424. The fourth-order valence-electron chi connectivity index (χ4n) is 4.88. The van der Waals surface area contributed by atoms with Crippen molar-refractivity contribution in [3.63, 3.8) is 0 Å². The van der Waals surface area contributed by atoms with E-state index in [0.29, 0.717) is 11.4 Å². The number of aliphatic imine (C=N–C) groups is 1. The quantitative estimate of drug-likeness (QED) is 0.0815. The molecular formula is C32H33F6N7O6. The number of aromatic nitrogens is 2. The predicted molar refractivity (Wildman–Crippen MR) is 176 cm³/mol. The van der Waals surface area contributed by atoms with Crippen LogP contribution < -0.4 is 26.8 Å². The van der Waals surface area contributed by atoms with Gasteiger partial charge in [0.05, 0.1) is 24.7 Å². The van der Waals surface area contributed by atoms with Gasteiger partial charge in [0.15, 0.2) is 5.96 Å². The third-order valence-corrected chi connectivity index (χ3v) is 7.24. The van der Waals surface area contributed by atoms with Crippen molar-refractivity contribution in [1.29, 1.82) is 0 Å². The van der Waals surface area contributed by atoms with E-state index in [0.717, 1.165) is 58.7 Å². The molecule has 1 fully saturated rings. The van der Waals surface area contributed by atoms with Gasteiger partial charge in [0.2, 0.25) is 5.95 Å². The van der Waals surface area contributed by atoms with Crippen molar-refractivity contribution < 1.29 is 55.7 Å². The van der Waals surface area contributed by atoms with Crippen molar-refractivity contribution in [2.45, 2.75) is 57.0 Å². The molecule has 1 amide bonds. The number of aliphatic carboxylic acids is 2. The van der Waals surface area contributed by atoms with Gasteiger partial charge in [0.25, 0.3) is 5.91 Å². The molecule has 3 aromatic carbocycles. The Morgan fingerprint density at radius 1 is 0.863 bits per heavy atom. The molecule has 1 heterocycles. The number of carbonyl (C=O) groups excluding carboxylic acids is 1. The normalized spacial score (nSPS) is 15.7. The number of fused-ring (bicyclic) bond motifs is 2. The molecule has 2 unspecified atom stereocenters. The molecule has 5 rings (SSSR count). The van der Waals surface area contributed by atoms with E-state index >= 15 is 0 Å². The third kappa shape index (κ3) is 11.6. The summed E-state index contributed by atoms with van der Waals surface area (Å²) in [5, 5.41) is 23.5. The molecule has 0 aliphatic heterocycles. The van der Waals surface area contributed by atoms with Gasteiger partial charge < -0.3 is 31.7 Å². The Morgan fingerprint density at radius 3 is 2.04 bits per heavy atom. The summed E-state index contributed by atoms with van der Waals surface area (Å²) < 4.78 is 68.8. The molecule has 0 spiro atoms. The van der Waals surface area contributed by atoms with E-state index in [4.69, 9.17) is 41.0 Å². The number of benzene rings is 3. The molecule has 1 saturated carbocycles. The number of ether oxygens (including phenoxy) is 1. The smallest absolute Gasteiger partial charge is 0.490 e. The molecule has 1 aliphatic carbocycles. The van der Waals surface area contributed by atoms with Crippen LogP contribution in [-0.2, 0) is 9.59 Å². The van der Waals surface area contributed by atoms with Crippen LogP contribution in [0.1, 0.15) is 41.6 Å². The number of anilines is 2. The second kappa shape index (κ2) is 16.7. The SMILES string of the molecule is COc1ccc2cc(C(=O)Nc3nc(NC4CCCCC4N=C(N)N)c4cc(C)ccc4n3)ccc2c1.O=C(O)C(F)(F)F.O=C(O)C(F)(F)F. The first kappa shape index (κ1) is 39.6. The van der Waals surface area contributed by atoms with Crippen molar-refractivity contribution in [1.82, 2.24) is 9.97 Å². The van der Waals surface area contributed by atoms with Crippen LogP contribution in [0.4, 0.5) is 38.1 Å². The molecule has 13 nitrogen and oxygen atoms in total. The summed E-state index contributed by atoms with van der Waals surface area (Å²) >= 11 is 0. The lowest BCUT2D eigenvalue weighted by Crippen LogP contribution is -2.38.